The van der Waals surface area contributed by atoms with Crippen LogP contribution in [0.25, 0.3) is 0 Å². The highest BCUT2D eigenvalue weighted by atomic mass is 32.2. The lowest BCUT2D eigenvalue weighted by Crippen LogP contribution is -2.11. The minimum atomic E-state index is 0.0737. The molecule has 3 nitrogen and oxygen atoms in total. The van der Waals surface area contributed by atoms with Gasteiger partial charge in [0.05, 0.1) is 6.61 Å². The van der Waals surface area contributed by atoms with Crippen LogP contribution in [0.4, 0.5) is 0 Å². The number of ether oxygens (including phenoxy) is 1. The highest BCUT2D eigenvalue weighted by Crippen LogP contribution is 2.13. The Kier molecular flexibility index (Phi) is 5.04. The molecule has 0 aliphatic heterocycles. The molecule has 0 saturated heterocycles. The second kappa shape index (κ2) is 6.35. The fourth-order valence-corrected chi connectivity index (χ4v) is 1.55. The van der Waals surface area contributed by atoms with E-state index in [1.165, 1.54) is 0 Å². The maximum atomic E-state index is 7.29. The van der Waals surface area contributed by atoms with E-state index in [1.54, 1.807) is 12.1 Å². The van der Waals surface area contributed by atoms with Crippen LogP contribution < -0.4 is 10.5 Å². The average Bonchev–Trinajstić information content (AvgIpc) is 2.25. The zero-order chi connectivity index (χ0) is 11.1. The third-order valence-electron chi connectivity index (χ3n) is 1.91. The number of rotatable bonds is 6. The van der Waals surface area contributed by atoms with Gasteiger partial charge in [0, 0.05) is 5.56 Å². The van der Waals surface area contributed by atoms with Crippen LogP contribution in [0.3, 0.4) is 0 Å². The van der Waals surface area contributed by atoms with Gasteiger partial charge in [-0.05, 0) is 30.6 Å². The molecule has 0 bridgehead atoms. The van der Waals surface area contributed by atoms with Crippen molar-refractivity contribution in [3.8, 4) is 5.75 Å². The van der Waals surface area contributed by atoms with Gasteiger partial charge in [0.25, 0.3) is 0 Å². The summed E-state index contributed by atoms with van der Waals surface area (Å²) in [7, 11) is 0. The van der Waals surface area contributed by atoms with Gasteiger partial charge < -0.3 is 10.5 Å². The van der Waals surface area contributed by atoms with E-state index < -0.39 is 0 Å². The molecular weight excluding hydrogens is 208 g/mol. The van der Waals surface area contributed by atoms with Crippen molar-refractivity contribution in [1.29, 1.82) is 5.41 Å². The van der Waals surface area contributed by atoms with Crippen LogP contribution in [-0.2, 0) is 0 Å². The van der Waals surface area contributed by atoms with E-state index in [9.17, 15) is 0 Å². The normalized spacial score (nSPS) is 9.93. The SMILES string of the molecule is CSCCCOc1cccc(C(=N)N)c1. The number of amidine groups is 1. The van der Waals surface area contributed by atoms with Gasteiger partial charge in [0.2, 0.25) is 0 Å². The summed E-state index contributed by atoms with van der Waals surface area (Å²) in [5.74, 6) is 1.96. The summed E-state index contributed by atoms with van der Waals surface area (Å²) in [6, 6.07) is 7.32. The standard InChI is InChI=1S/C11H16N2OS/c1-15-7-3-6-14-10-5-2-4-9(8-10)11(12)13/h2,4-5,8H,3,6-7H2,1H3,(H3,12,13). The molecule has 0 aliphatic rings. The van der Waals surface area contributed by atoms with Gasteiger partial charge >= 0.3 is 0 Å². The van der Waals surface area contributed by atoms with Gasteiger partial charge in [0.1, 0.15) is 11.6 Å². The molecule has 3 N–H and O–H groups in total. The molecule has 0 fully saturated rings. The van der Waals surface area contributed by atoms with Crippen LogP contribution in [0, 0.1) is 5.41 Å². The number of benzene rings is 1. The first-order chi connectivity index (χ1) is 7.24. The fourth-order valence-electron chi connectivity index (χ4n) is 1.15. The van der Waals surface area contributed by atoms with Gasteiger partial charge in [-0.3, -0.25) is 5.41 Å². The Balaban J connectivity index is 2.47. The lowest BCUT2D eigenvalue weighted by Gasteiger charge is -2.06. The molecule has 0 spiro atoms. The van der Waals surface area contributed by atoms with E-state index in [4.69, 9.17) is 15.9 Å². The van der Waals surface area contributed by atoms with Gasteiger partial charge in [-0.15, -0.1) is 0 Å². The van der Waals surface area contributed by atoms with Crippen molar-refractivity contribution in [3.05, 3.63) is 29.8 Å². The predicted molar refractivity (Wildman–Crippen MR) is 66.0 cm³/mol. The van der Waals surface area contributed by atoms with Crippen molar-refractivity contribution in [2.45, 2.75) is 6.42 Å². The molecule has 0 aliphatic carbocycles. The highest BCUT2D eigenvalue weighted by Gasteiger charge is 1.98. The van der Waals surface area contributed by atoms with Crippen LogP contribution in [0.5, 0.6) is 5.75 Å². The van der Waals surface area contributed by atoms with E-state index in [0.29, 0.717) is 12.2 Å². The maximum absolute atomic E-state index is 7.29. The third-order valence-corrected chi connectivity index (χ3v) is 2.60. The molecule has 0 radical (unpaired) electrons. The highest BCUT2D eigenvalue weighted by molar-refractivity contribution is 7.98. The zero-order valence-corrected chi connectivity index (χ0v) is 9.64. The molecule has 0 atom stereocenters. The quantitative estimate of drug-likeness (QED) is 0.442. The summed E-state index contributed by atoms with van der Waals surface area (Å²) in [6.07, 6.45) is 3.11. The Bertz CT molecular complexity index is 328. The third kappa shape index (κ3) is 4.25. The van der Waals surface area contributed by atoms with Crippen LogP contribution in [0.2, 0.25) is 0 Å². The van der Waals surface area contributed by atoms with E-state index in [1.807, 2.05) is 23.9 Å². The Hall–Kier alpha value is -1.16. The van der Waals surface area contributed by atoms with Crippen molar-refractivity contribution >= 4 is 17.6 Å². The molecule has 0 heterocycles. The van der Waals surface area contributed by atoms with Crippen LogP contribution in [0.1, 0.15) is 12.0 Å². The summed E-state index contributed by atoms with van der Waals surface area (Å²) in [6.45, 7) is 0.711. The van der Waals surface area contributed by atoms with Gasteiger partial charge in [-0.1, -0.05) is 12.1 Å². The number of hydrogen-bond donors (Lipinski definition) is 2. The molecule has 15 heavy (non-hydrogen) atoms. The number of nitrogen functional groups attached to an aromatic ring is 1. The minimum Gasteiger partial charge on any atom is -0.494 e. The Morgan fingerprint density at radius 1 is 1.53 bits per heavy atom. The summed E-state index contributed by atoms with van der Waals surface area (Å²) in [5, 5.41) is 7.29. The van der Waals surface area contributed by atoms with Crippen molar-refractivity contribution in [3.63, 3.8) is 0 Å². The van der Waals surface area contributed by atoms with Crippen LogP contribution in [-0.4, -0.2) is 24.5 Å². The molecule has 1 aromatic carbocycles. The molecule has 0 saturated carbocycles. The van der Waals surface area contributed by atoms with Crippen LogP contribution >= 0.6 is 11.8 Å². The summed E-state index contributed by atoms with van der Waals surface area (Å²) in [4.78, 5) is 0. The molecule has 0 amide bonds. The molecule has 82 valence electrons. The van der Waals surface area contributed by atoms with Crippen molar-refractivity contribution < 1.29 is 4.74 Å². The van der Waals surface area contributed by atoms with Crippen molar-refractivity contribution in [1.82, 2.24) is 0 Å². The molecule has 1 aromatic rings. The first-order valence-electron chi connectivity index (χ1n) is 4.80. The Morgan fingerprint density at radius 2 is 2.33 bits per heavy atom. The number of nitrogens with two attached hydrogens (primary N) is 1. The first kappa shape index (κ1) is 11.9. The number of hydrogen-bond acceptors (Lipinski definition) is 3. The topological polar surface area (TPSA) is 59.1 Å². The smallest absolute Gasteiger partial charge is 0.122 e. The second-order valence-electron chi connectivity index (χ2n) is 3.14. The largest absolute Gasteiger partial charge is 0.494 e. The molecule has 0 unspecified atom stereocenters. The Morgan fingerprint density at radius 3 is 3.00 bits per heavy atom. The summed E-state index contributed by atoms with van der Waals surface area (Å²) >= 11 is 1.81. The fraction of sp³-hybridized carbons (Fsp3) is 0.364. The number of nitrogens with one attached hydrogen (secondary N) is 1. The second-order valence-corrected chi connectivity index (χ2v) is 4.12. The molecular formula is C11H16N2OS. The summed E-state index contributed by atoms with van der Waals surface area (Å²) in [5.41, 5.74) is 6.09. The predicted octanol–water partition coefficient (Wildman–Crippen LogP) is 2.10. The van der Waals surface area contributed by atoms with Crippen molar-refractivity contribution in [2.24, 2.45) is 5.73 Å². The monoisotopic (exact) mass is 224 g/mol. The van der Waals surface area contributed by atoms with Crippen LogP contribution in [0.15, 0.2) is 24.3 Å². The Labute approximate surface area is 94.5 Å². The minimum absolute atomic E-state index is 0.0737. The number of thioether (sulfide) groups is 1. The van der Waals surface area contributed by atoms with Gasteiger partial charge in [-0.2, -0.15) is 11.8 Å². The van der Waals surface area contributed by atoms with E-state index in [-0.39, 0.29) is 5.84 Å². The zero-order valence-electron chi connectivity index (χ0n) is 8.82. The van der Waals surface area contributed by atoms with E-state index in [2.05, 4.69) is 6.26 Å². The van der Waals surface area contributed by atoms with E-state index in [0.717, 1.165) is 17.9 Å². The maximum Gasteiger partial charge on any atom is 0.122 e. The van der Waals surface area contributed by atoms with Gasteiger partial charge in [-0.25, -0.2) is 0 Å². The van der Waals surface area contributed by atoms with Crippen molar-refractivity contribution in [2.75, 3.05) is 18.6 Å². The lowest BCUT2D eigenvalue weighted by molar-refractivity contribution is 0.318. The lowest BCUT2D eigenvalue weighted by atomic mass is 10.2. The summed E-state index contributed by atoms with van der Waals surface area (Å²) < 4.78 is 5.53. The molecule has 1 rings (SSSR count). The van der Waals surface area contributed by atoms with Gasteiger partial charge in [0.15, 0.2) is 0 Å². The molecule has 0 aromatic heterocycles. The first-order valence-corrected chi connectivity index (χ1v) is 6.19. The average molecular weight is 224 g/mol. The van der Waals surface area contributed by atoms with E-state index >= 15 is 0 Å². The molecule has 4 heteroatoms.